The lowest BCUT2D eigenvalue weighted by Gasteiger charge is -2.11. The Bertz CT molecular complexity index is 254. The molecule has 0 aliphatic rings. The average Bonchev–Trinajstić information content (AvgIpc) is 2.19. The van der Waals surface area contributed by atoms with Crippen molar-refractivity contribution in [1.82, 2.24) is 0 Å². The molecule has 0 aliphatic carbocycles. The predicted octanol–water partition coefficient (Wildman–Crippen LogP) is 2.12. The minimum absolute atomic E-state index is 0.169. The fourth-order valence-electron chi connectivity index (χ4n) is 1.49. The second kappa shape index (κ2) is 5.78. The molecule has 0 saturated heterocycles. The van der Waals surface area contributed by atoms with E-state index in [1.54, 1.807) is 0 Å². The van der Waals surface area contributed by atoms with E-state index >= 15 is 0 Å². The van der Waals surface area contributed by atoms with E-state index < -0.39 is 0 Å². The maximum atomic E-state index is 6.05. The highest BCUT2D eigenvalue weighted by atomic mass is 14.6. The second-order valence-corrected chi connectivity index (χ2v) is 3.80. The molecular weight excluding hydrogens is 172 g/mol. The highest BCUT2D eigenvalue weighted by Gasteiger charge is 2.04. The van der Waals surface area contributed by atoms with Gasteiger partial charge in [0.1, 0.15) is 0 Å². The molecule has 2 heteroatoms. The van der Waals surface area contributed by atoms with Crippen molar-refractivity contribution >= 4 is 0 Å². The Morgan fingerprint density at radius 3 is 2.36 bits per heavy atom. The summed E-state index contributed by atoms with van der Waals surface area (Å²) in [6.45, 7) is 2.85. The first-order valence-electron chi connectivity index (χ1n) is 5.26. The summed E-state index contributed by atoms with van der Waals surface area (Å²) in [6, 6.07) is 8.61. The molecule has 78 valence electrons. The van der Waals surface area contributed by atoms with Gasteiger partial charge in [-0.25, -0.2) is 0 Å². The first kappa shape index (κ1) is 11.2. The number of hydrogen-bond acceptors (Lipinski definition) is 2. The summed E-state index contributed by atoms with van der Waals surface area (Å²) in [7, 11) is 0. The molecule has 4 N–H and O–H groups in total. The lowest BCUT2D eigenvalue weighted by molar-refractivity contribution is 0.591. The molecule has 0 spiro atoms. The Hall–Kier alpha value is -0.860. The van der Waals surface area contributed by atoms with Gasteiger partial charge in [-0.2, -0.15) is 0 Å². The van der Waals surface area contributed by atoms with Crippen LogP contribution in [0, 0.1) is 6.92 Å². The summed E-state index contributed by atoms with van der Waals surface area (Å²) in [4.78, 5) is 0. The summed E-state index contributed by atoms with van der Waals surface area (Å²) in [6.07, 6.45) is 3.21. The fraction of sp³-hybridized carbons (Fsp3) is 0.500. The molecule has 0 aliphatic heterocycles. The number of benzene rings is 1. The highest BCUT2D eigenvalue weighted by Crippen LogP contribution is 2.16. The van der Waals surface area contributed by atoms with Crippen LogP contribution in [0.15, 0.2) is 24.3 Å². The first-order chi connectivity index (χ1) is 6.74. The van der Waals surface area contributed by atoms with Crippen LogP contribution in [0.25, 0.3) is 0 Å². The number of aryl methyl sites for hydroxylation is 1. The molecule has 1 atom stereocenters. The van der Waals surface area contributed by atoms with Gasteiger partial charge in [0, 0.05) is 6.04 Å². The lowest BCUT2D eigenvalue weighted by atomic mass is 10.0. The van der Waals surface area contributed by atoms with Gasteiger partial charge in [0.2, 0.25) is 0 Å². The van der Waals surface area contributed by atoms with Gasteiger partial charge >= 0.3 is 0 Å². The van der Waals surface area contributed by atoms with Crippen LogP contribution in [0.5, 0.6) is 0 Å². The third-order valence-electron chi connectivity index (χ3n) is 2.47. The van der Waals surface area contributed by atoms with Gasteiger partial charge < -0.3 is 11.5 Å². The number of rotatable bonds is 5. The van der Waals surface area contributed by atoms with E-state index in [0.717, 1.165) is 25.8 Å². The molecule has 0 aromatic heterocycles. The van der Waals surface area contributed by atoms with Crippen LogP contribution in [0.4, 0.5) is 0 Å². The zero-order valence-corrected chi connectivity index (χ0v) is 8.87. The Labute approximate surface area is 86.3 Å². The summed E-state index contributed by atoms with van der Waals surface area (Å²) in [5, 5.41) is 0. The monoisotopic (exact) mass is 192 g/mol. The standard InChI is InChI=1S/C12H20N2/c1-10-5-7-11(8-6-10)12(14)4-2-3-9-13/h5-8,12H,2-4,9,13-14H2,1H3/t12-/m0/s1. The molecule has 0 unspecified atom stereocenters. The van der Waals surface area contributed by atoms with Gasteiger partial charge in [-0.15, -0.1) is 0 Å². The quantitative estimate of drug-likeness (QED) is 0.702. The van der Waals surface area contributed by atoms with Gasteiger partial charge in [0.25, 0.3) is 0 Å². The van der Waals surface area contributed by atoms with Crippen molar-refractivity contribution < 1.29 is 0 Å². The van der Waals surface area contributed by atoms with E-state index in [9.17, 15) is 0 Å². The van der Waals surface area contributed by atoms with Crippen LogP contribution in [0.3, 0.4) is 0 Å². The van der Waals surface area contributed by atoms with Gasteiger partial charge in [0.05, 0.1) is 0 Å². The van der Waals surface area contributed by atoms with E-state index in [1.165, 1.54) is 11.1 Å². The van der Waals surface area contributed by atoms with E-state index in [4.69, 9.17) is 11.5 Å². The van der Waals surface area contributed by atoms with Crippen LogP contribution >= 0.6 is 0 Å². The molecule has 0 bridgehead atoms. The molecular formula is C12H20N2. The molecule has 0 heterocycles. The third kappa shape index (κ3) is 3.48. The fourth-order valence-corrected chi connectivity index (χ4v) is 1.49. The molecule has 14 heavy (non-hydrogen) atoms. The predicted molar refractivity (Wildman–Crippen MR) is 61.0 cm³/mol. The average molecular weight is 192 g/mol. The van der Waals surface area contributed by atoms with Gasteiger partial charge in [-0.1, -0.05) is 36.2 Å². The Balaban J connectivity index is 2.43. The van der Waals surface area contributed by atoms with Crippen molar-refractivity contribution in [3.8, 4) is 0 Å². The highest BCUT2D eigenvalue weighted by molar-refractivity contribution is 5.23. The van der Waals surface area contributed by atoms with E-state index in [1.807, 2.05) is 0 Å². The normalized spacial score (nSPS) is 12.8. The molecule has 0 fully saturated rings. The van der Waals surface area contributed by atoms with Crippen molar-refractivity contribution in [2.45, 2.75) is 32.2 Å². The molecule has 1 aromatic carbocycles. The van der Waals surface area contributed by atoms with E-state index in [0.29, 0.717) is 0 Å². The topological polar surface area (TPSA) is 52.0 Å². The number of nitrogens with two attached hydrogens (primary N) is 2. The van der Waals surface area contributed by atoms with Gasteiger partial charge in [-0.05, 0) is 31.9 Å². The zero-order chi connectivity index (χ0) is 10.4. The van der Waals surface area contributed by atoms with Crippen molar-refractivity contribution in [1.29, 1.82) is 0 Å². The maximum Gasteiger partial charge on any atom is 0.0294 e. The van der Waals surface area contributed by atoms with E-state index in [-0.39, 0.29) is 6.04 Å². The minimum Gasteiger partial charge on any atom is -0.330 e. The van der Waals surface area contributed by atoms with Crippen molar-refractivity contribution in [2.75, 3.05) is 6.54 Å². The second-order valence-electron chi connectivity index (χ2n) is 3.80. The minimum atomic E-state index is 0.169. The molecule has 0 radical (unpaired) electrons. The van der Waals surface area contributed by atoms with Crippen LogP contribution in [0.2, 0.25) is 0 Å². The van der Waals surface area contributed by atoms with E-state index in [2.05, 4.69) is 31.2 Å². The Morgan fingerprint density at radius 2 is 1.79 bits per heavy atom. The zero-order valence-electron chi connectivity index (χ0n) is 8.87. The molecule has 1 rings (SSSR count). The maximum absolute atomic E-state index is 6.05. The summed E-state index contributed by atoms with van der Waals surface area (Å²) < 4.78 is 0. The van der Waals surface area contributed by atoms with Crippen molar-refractivity contribution in [3.05, 3.63) is 35.4 Å². The van der Waals surface area contributed by atoms with Crippen LogP contribution < -0.4 is 11.5 Å². The number of hydrogen-bond donors (Lipinski definition) is 2. The largest absolute Gasteiger partial charge is 0.330 e. The number of unbranched alkanes of at least 4 members (excludes halogenated alkanes) is 1. The first-order valence-corrected chi connectivity index (χ1v) is 5.26. The van der Waals surface area contributed by atoms with Gasteiger partial charge in [0.15, 0.2) is 0 Å². The summed E-state index contributed by atoms with van der Waals surface area (Å²) in [5.41, 5.74) is 14.0. The molecule has 0 amide bonds. The Kier molecular flexibility index (Phi) is 4.63. The molecule has 2 nitrogen and oxygen atoms in total. The summed E-state index contributed by atoms with van der Waals surface area (Å²) in [5.74, 6) is 0. The Morgan fingerprint density at radius 1 is 1.14 bits per heavy atom. The smallest absolute Gasteiger partial charge is 0.0294 e. The van der Waals surface area contributed by atoms with Crippen LogP contribution in [0.1, 0.15) is 36.4 Å². The van der Waals surface area contributed by atoms with Crippen LogP contribution in [-0.4, -0.2) is 6.54 Å². The third-order valence-corrected chi connectivity index (χ3v) is 2.47. The SMILES string of the molecule is Cc1ccc([C@@H](N)CCCCN)cc1. The van der Waals surface area contributed by atoms with Gasteiger partial charge in [-0.3, -0.25) is 0 Å². The van der Waals surface area contributed by atoms with Crippen molar-refractivity contribution in [2.24, 2.45) is 11.5 Å². The lowest BCUT2D eigenvalue weighted by Crippen LogP contribution is -2.10. The molecule has 0 saturated carbocycles. The van der Waals surface area contributed by atoms with Crippen molar-refractivity contribution in [3.63, 3.8) is 0 Å². The molecule has 1 aromatic rings. The van der Waals surface area contributed by atoms with Crippen LogP contribution in [-0.2, 0) is 0 Å². The summed E-state index contributed by atoms with van der Waals surface area (Å²) >= 11 is 0.